The summed E-state index contributed by atoms with van der Waals surface area (Å²) in [6, 6.07) is 7.07. The van der Waals surface area contributed by atoms with Crippen LogP contribution in [-0.4, -0.2) is 27.2 Å². The molecule has 0 aliphatic carbocycles. The molecule has 190 valence electrons. The lowest BCUT2D eigenvalue weighted by Crippen LogP contribution is -2.17. The lowest BCUT2D eigenvalue weighted by Gasteiger charge is -2.16. The van der Waals surface area contributed by atoms with Gasteiger partial charge in [-0.3, -0.25) is 4.79 Å². The minimum Gasteiger partial charge on any atom is -0.493 e. The maximum atomic E-state index is 12.8. The molecule has 4 aromatic rings. The van der Waals surface area contributed by atoms with Crippen molar-refractivity contribution in [2.45, 2.75) is 46.0 Å². The van der Waals surface area contributed by atoms with E-state index in [-0.39, 0.29) is 24.2 Å². The number of benzene rings is 2. The van der Waals surface area contributed by atoms with Crippen LogP contribution in [0.1, 0.15) is 43.9 Å². The van der Waals surface area contributed by atoms with E-state index in [1.54, 1.807) is 24.5 Å². The summed E-state index contributed by atoms with van der Waals surface area (Å²) < 4.78 is 27.4. The molecule has 1 amide bonds. The zero-order valence-corrected chi connectivity index (χ0v) is 21.7. The highest BCUT2D eigenvalue weighted by molar-refractivity contribution is 5.97. The van der Waals surface area contributed by atoms with Crippen LogP contribution in [0.2, 0.25) is 0 Å². The van der Waals surface area contributed by atoms with Crippen LogP contribution < -0.4 is 25.2 Å². The fourth-order valence-corrected chi connectivity index (χ4v) is 4.40. The van der Waals surface area contributed by atoms with E-state index in [0.717, 1.165) is 21.9 Å². The Balaban J connectivity index is 1.60. The van der Waals surface area contributed by atoms with E-state index in [2.05, 4.69) is 26.1 Å². The van der Waals surface area contributed by atoms with Crippen molar-refractivity contribution in [3.05, 3.63) is 57.6 Å². The molecule has 0 unspecified atom stereocenters. The Morgan fingerprint density at radius 1 is 0.944 bits per heavy atom. The van der Waals surface area contributed by atoms with Gasteiger partial charge in [0, 0.05) is 52.2 Å². The van der Waals surface area contributed by atoms with Gasteiger partial charge in [-0.25, -0.2) is 4.79 Å². The number of furan rings is 1. The molecule has 0 spiro atoms. The van der Waals surface area contributed by atoms with Gasteiger partial charge in [0.25, 0.3) is 0 Å². The second-order valence-corrected chi connectivity index (χ2v) is 9.70. The van der Waals surface area contributed by atoms with E-state index in [4.69, 9.17) is 23.0 Å². The van der Waals surface area contributed by atoms with Gasteiger partial charge >= 0.3 is 5.63 Å². The van der Waals surface area contributed by atoms with E-state index < -0.39 is 5.63 Å². The molecule has 0 saturated carbocycles. The van der Waals surface area contributed by atoms with Crippen molar-refractivity contribution in [2.75, 3.05) is 26.6 Å². The van der Waals surface area contributed by atoms with Gasteiger partial charge < -0.3 is 28.4 Å². The van der Waals surface area contributed by atoms with Crippen LogP contribution in [0, 0.1) is 6.92 Å². The molecule has 2 aromatic heterocycles. The molecular formula is C28H31NO7. The average molecular weight is 494 g/mol. The van der Waals surface area contributed by atoms with Crippen LogP contribution in [0.4, 0.5) is 5.69 Å². The Labute approximate surface area is 209 Å². The molecule has 2 aromatic carbocycles. The molecule has 0 atom stereocenters. The number of carbonyl (C=O) groups is 1. The van der Waals surface area contributed by atoms with Gasteiger partial charge in [-0.1, -0.05) is 20.8 Å². The maximum absolute atomic E-state index is 12.8. The molecular weight excluding hydrogens is 462 g/mol. The summed E-state index contributed by atoms with van der Waals surface area (Å²) in [4.78, 5) is 25.5. The van der Waals surface area contributed by atoms with Crippen LogP contribution in [0.5, 0.6) is 17.2 Å². The predicted molar refractivity (Wildman–Crippen MR) is 139 cm³/mol. The number of ether oxygens (including phenoxy) is 3. The molecule has 2 heterocycles. The highest BCUT2D eigenvalue weighted by Gasteiger charge is 2.22. The topological polar surface area (TPSA) is 100 Å². The van der Waals surface area contributed by atoms with Crippen molar-refractivity contribution in [1.29, 1.82) is 0 Å². The predicted octanol–water partition coefficient (Wildman–Crippen LogP) is 5.74. The van der Waals surface area contributed by atoms with Crippen molar-refractivity contribution in [2.24, 2.45) is 0 Å². The zero-order valence-electron chi connectivity index (χ0n) is 21.7. The molecule has 8 heteroatoms. The summed E-state index contributed by atoms with van der Waals surface area (Å²) in [5.74, 6) is 1.03. The van der Waals surface area contributed by atoms with Gasteiger partial charge in [-0.05, 0) is 30.4 Å². The van der Waals surface area contributed by atoms with Gasteiger partial charge in [0.15, 0.2) is 11.5 Å². The van der Waals surface area contributed by atoms with E-state index in [9.17, 15) is 9.59 Å². The summed E-state index contributed by atoms with van der Waals surface area (Å²) in [5.41, 5.74) is 3.42. The van der Waals surface area contributed by atoms with Gasteiger partial charge in [0.05, 0.1) is 27.6 Å². The third-order valence-corrected chi connectivity index (χ3v) is 6.34. The standard InChI is InChI=1S/C28H31NO7/c1-15-17(8-9-25(30)29-16-10-23(32-5)26(34-7)24(11-16)33-6)27(31)36-22-13-21-19(12-18(15)22)20(14-35-21)28(2,3)4/h10-14H,8-9H2,1-7H3,(H,29,30). The highest BCUT2D eigenvalue weighted by Crippen LogP contribution is 2.40. The summed E-state index contributed by atoms with van der Waals surface area (Å²) in [6.45, 7) is 8.25. The normalized spacial score (nSPS) is 11.6. The third kappa shape index (κ3) is 4.63. The minimum absolute atomic E-state index is 0.0922. The monoisotopic (exact) mass is 493 g/mol. The van der Waals surface area contributed by atoms with Gasteiger partial charge in [0.2, 0.25) is 11.7 Å². The molecule has 0 bridgehead atoms. The molecule has 0 aliphatic rings. The fraction of sp³-hybridized carbons (Fsp3) is 0.357. The molecule has 1 N–H and O–H groups in total. The number of nitrogens with one attached hydrogen (secondary N) is 1. The molecule has 36 heavy (non-hydrogen) atoms. The minimum atomic E-state index is -0.456. The number of anilines is 1. The van der Waals surface area contributed by atoms with E-state index >= 15 is 0 Å². The largest absolute Gasteiger partial charge is 0.493 e. The molecule has 4 rings (SSSR count). The van der Waals surface area contributed by atoms with Crippen molar-refractivity contribution < 1.29 is 27.8 Å². The lowest BCUT2D eigenvalue weighted by molar-refractivity contribution is -0.116. The first-order chi connectivity index (χ1) is 17.1. The van der Waals surface area contributed by atoms with Crippen LogP contribution in [0.25, 0.3) is 21.9 Å². The summed E-state index contributed by atoms with van der Waals surface area (Å²) in [5, 5.41) is 4.65. The Bertz CT molecular complexity index is 1480. The number of rotatable bonds is 7. The fourth-order valence-electron chi connectivity index (χ4n) is 4.40. The first-order valence-corrected chi connectivity index (χ1v) is 11.6. The van der Waals surface area contributed by atoms with Gasteiger partial charge in [-0.15, -0.1) is 0 Å². The molecule has 0 fully saturated rings. The van der Waals surface area contributed by atoms with Gasteiger partial charge in [-0.2, -0.15) is 0 Å². The number of hydrogen-bond acceptors (Lipinski definition) is 7. The second-order valence-electron chi connectivity index (χ2n) is 9.70. The third-order valence-electron chi connectivity index (χ3n) is 6.34. The molecule has 0 saturated heterocycles. The average Bonchev–Trinajstić information content (AvgIpc) is 3.25. The molecule has 8 nitrogen and oxygen atoms in total. The van der Waals surface area contributed by atoms with Crippen molar-refractivity contribution in [1.82, 2.24) is 0 Å². The smallest absolute Gasteiger partial charge is 0.339 e. The Kier molecular flexibility index (Phi) is 6.71. The summed E-state index contributed by atoms with van der Waals surface area (Å²) >= 11 is 0. The number of amides is 1. The number of hydrogen-bond donors (Lipinski definition) is 1. The number of methoxy groups -OCH3 is 3. The van der Waals surface area contributed by atoms with E-state index in [1.807, 2.05) is 13.0 Å². The van der Waals surface area contributed by atoms with Crippen molar-refractivity contribution in [3.8, 4) is 17.2 Å². The SMILES string of the molecule is COc1cc(NC(=O)CCc2c(C)c3cc4c(C(C)(C)C)coc4cc3oc2=O)cc(OC)c1OC. The number of aryl methyl sites for hydroxylation is 1. The number of fused-ring (bicyclic) bond motifs is 2. The number of carbonyl (C=O) groups excluding carboxylic acids is 1. The Morgan fingerprint density at radius 3 is 2.19 bits per heavy atom. The first kappa shape index (κ1) is 25.2. The maximum Gasteiger partial charge on any atom is 0.339 e. The Hall–Kier alpha value is -3.94. The Morgan fingerprint density at radius 2 is 1.61 bits per heavy atom. The zero-order chi connectivity index (χ0) is 26.2. The van der Waals surface area contributed by atoms with Crippen LogP contribution >= 0.6 is 0 Å². The summed E-state index contributed by atoms with van der Waals surface area (Å²) in [7, 11) is 4.52. The lowest BCUT2D eigenvalue weighted by atomic mass is 9.86. The van der Waals surface area contributed by atoms with Gasteiger partial charge in [0.1, 0.15) is 11.2 Å². The van der Waals surface area contributed by atoms with Crippen LogP contribution in [0.3, 0.4) is 0 Å². The van der Waals surface area contributed by atoms with Crippen LogP contribution in [0.15, 0.2) is 44.2 Å². The van der Waals surface area contributed by atoms with E-state index in [1.165, 1.54) is 21.3 Å². The van der Waals surface area contributed by atoms with Crippen molar-refractivity contribution >= 4 is 33.5 Å². The van der Waals surface area contributed by atoms with E-state index in [0.29, 0.717) is 39.7 Å². The molecule has 0 radical (unpaired) electrons. The molecule has 0 aliphatic heterocycles. The second kappa shape index (κ2) is 9.60. The summed E-state index contributed by atoms with van der Waals surface area (Å²) in [6.07, 6.45) is 2.08. The quantitative estimate of drug-likeness (QED) is 0.328. The first-order valence-electron chi connectivity index (χ1n) is 11.6. The van der Waals surface area contributed by atoms with Crippen molar-refractivity contribution in [3.63, 3.8) is 0 Å². The highest BCUT2D eigenvalue weighted by atomic mass is 16.5. The van der Waals surface area contributed by atoms with Crippen LogP contribution in [-0.2, 0) is 16.6 Å².